The second-order valence-corrected chi connectivity index (χ2v) is 8.20. The minimum absolute atomic E-state index is 0.268. The lowest BCUT2D eigenvalue weighted by Gasteiger charge is -2.39. The number of carbonyl (C=O) groups excluding carboxylic acids is 2. The molecular formula is C22H31ClN4O3. The van der Waals surface area contributed by atoms with Gasteiger partial charge in [-0.2, -0.15) is 0 Å². The number of hydrogen-bond acceptors (Lipinski definition) is 5. The van der Waals surface area contributed by atoms with Gasteiger partial charge in [0.1, 0.15) is 0 Å². The molecule has 1 fully saturated rings. The molecule has 1 aromatic carbocycles. The van der Waals surface area contributed by atoms with Crippen molar-refractivity contribution in [1.29, 1.82) is 0 Å². The fourth-order valence-electron chi connectivity index (χ4n) is 3.94. The Kier molecular flexibility index (Phi) is 7.75. The van der Waals surface area contributed by atoms with E-state index < -0.39 is 12.0 Å². The van der Waals surface area contributed by atoms with Crippen molar-refractivity contribution >= 4 is 23.6 Å². The van der Waals surface area contributed by atoms with Gasteiger partial charge in [0.05, 0.1) is 18.2 Å². The van der Waals surface area contributed by atoms with E-state index in [1.165, 1.54) is 0 Å². The standard InChI is InChI=1S/C22H31ClN4O3/c1-4-15(3)27-12-10-26(11-13-27)14-18-19(21(28)30-5-2)20(25-22(29)24-18)16-6-8-17(23)9-7-16/h6-9,15,20H,4-5,10-14H2,1-3H3,(H2,24,25,29)/t15-,20-/m1/s1. The summed E-state index contributed by atoms with van der Waals surface area (Å²) in [6.07, 6.45) is 1.13. The van der Waals surface area contributed by atoms with Gasteiger partial charge in [0.2, 0.25) is 0 Å². The first-order valence-electron chi connectivity index (χ1n) is 10.6. The molecule has 0 aromatic heterocycles. The molecule has 30 heavy (non-hydrogen) atoms. The fourth-order valence-corrected chi connectivity index (χ4v) is 4.07. The van der Waals surface area contributed by atoms with Gasteiger partial charge < -0.3 is 15.4 Å². The van der Waals surface area contributed by atoms with Crippen LogP contribution in [-0.2, 0) is 9.53 Å². The summed E-state index contributed by atoms with van der Waals surface area (Å²) in [5.41, 5.74) is 1.84. The van der Waals surface area contributed by atoms with Crippen LogP contribution in [0.3, 0.4) is 0 Å². The normalized spacial score (nSPS) is 21.7. The number of rotatable bonds is 7. The van der Waals surface area contributed by atoms with Gasteiger partial charge in [-0.3, -0.25) is 9.80 Å². The number of carbonyl (C=O) groups is 2. The quantitative estimate of drug-likeness (QED) is 0.645. The fraction of sp³-hybridized carbons (Fsp3) is 0.545. The number of esters is 1. The SMILES string of the molecule is CCOC(=O)C1=C(CN2CCN([C@H](C)CC)CC2)NC(=O)N[C@@H]1c1ccc(Cl)cc1. The number of urea groups is 1. The molecule has 2 aliphatic heterocycles. The van der Waals surface area contributed by atoms with Crippen molar-refractivity contribution in [2.45, 2.75) is 39.3 Å². The molecule has 2 N–H and O–H groups in total. The second kappa shape index (κ2) is 10.3. The maximum atomic E-state index is 12.9. The Labute approximate surface area is 183 Å². The Morgan fingerprint density at radius 2 is 1.87 bits per heavy atom. The van der Waals surface area contributed by atoms with E-state index in [0.29, 0.717) is 28.9 Å². The predicted molar refractivity (Wildman–Crippen MR) is 117 cm³/mol. The monoisotopic (exact) mass is 434 g/mol. The summed E-state index contributed by atoms with van der Waals surface area (Å²) in [5, 5.41) is 6.31. The lowest BCUT2D eigenvalue weighted by molar-refractivity contribution is -0.139. The van der Waals surface area contributed by atoms with Gasteiger partial charge in [0.25, 0.3) is 0 Å². The van der Waals surface area contributed by atoms with Gasteiger partial charge in [-0.25, -0.2) is 9.59 Å². The molecule has 2 atom stereocenters. The maximum Gasteiger partial charge on any atom is 0.338 e. The van der Waals surface area contributed by atoms with Crippen molar-refractivity contribution in [3.8, 4) is 0 Å². The molecule has 7 nitrogen and oxygen atoms in total. The molecule has 1 aromatic rings. The van der Waals surface area contributed by atoms with E-state index >= 15 is 0 Å². The first-order valence-corrected chi connectivity index (χ1v) is 11.0. The average molecular weight is 435 g/mol. The van der Waals surface area contributed by atoms with Crippen molar-refractivity contribution in [1.82, 2.24) is 20.4 Å². The highest BCUT2D eigenvalue weighted by molar-refractivity contribution is 6.30. The number of benzene rings is 1. The zero-order valence-electron chi connectivity index (χ0n) is 17.9. The number of ether oxygens (including phenoxy) is 1. The van der Waals surface area contributed by atoms with E-state index in [1.54, 1.807) is 19.1 Å². The highest BCUT2D eigenvalue weighted by Gasteiger charge is 2.34. The molecule has 8 heteroatoms. The number of nitrogens with zero attached hydrogens (tertiary/aromatic N) is 2. The minimum Gasteiger partial charge on any atom is -0.463 e. The second-order valence-electron chi connectivity index (χ2n) is 7.77. The van der Waals surface area contributed by atoms with E-state index in [9.17, 15) is 9.59 Å². The molecule has 3 rings (SSSR count). The van der Waals surface area contributed by atoms with Crippen LogP contribution in [0.4, 0.5) is 4.79 Å². The molecule has 0 spiro atoms. The number of nitrogens with one attached hydrogen (secondary N) is 2. The van der Waals surface area contributed by atoms with Crippen LogP contribution in [0.15, 0.2) is 35.5 Å². The van der Waals surface area contributed by atoms with Crippen molar-refractivity contribution < 1.29 is 14.3 Å². The van der Waals surface area contributed by atoms with Gasteiger partial charge in [0, 0.05) is 49.5 Å². The van der Waals surface area contributed by atoms with Gasteiger partial charge in [-0.15, -0.1) is 0 Å². The van der Waals surface area contributed by atoms with Crippen LogP contribution >= 0.6 is 11.6 Å². The number of halogens is 1. The number of amides is 2. The van der Waals surface area contributed by atoms with Gasteiger partial charge in [0.15, 0.2) is 0 Å². The third-order valence-electron chi connectivity index (χ3n) is 5.86. The Morgan fingerprint density at radius 1 is 1.20 bits per heavy atom. The summed E-state index contributed by atoms with van der Waals surface area (Å²) in [7, 11) is 0. The van der Waals surface area contributed by atoms with E-state index in [1.807, 2.05) is 12.1 Å². The third kappa shape index (κ3) is 5.33. The molecule has 0 aliphatic carbocycles. The molecule has 0 saturated carbocycles. The predicted octanol–water partition coefficient (Wildman–Crippen LogP) is 2.93. The Hall–Kier alpha value is -2.09. The van der Waals surface area contributed by atoms with Crippen LogP contribution in [0.2, 0.25) is 5.02 Å². The van der Waals surface area contributed by atoms with Crippen molar-refractivity contribution in [3.63, 3.8) is 0 Å². The number of piperazine rings is 1. The van der Waals surface area contributed by atoms with Crippen molar-refractivity contribution in [3.05, 3.63) is 46.1 Å². The smallest absolute Gasteiger partial charge is 0.338 e. The molecule has 2 aliphatic rings. The van der Waals surface area contributed by atoms with E-state index in [2.05, 4.69) is 34.3 Å². The average Bonchev–Trinajstić information content (AvgIpc) is 2.74. The number of hydrogen-bond donors (Lipinski definition) is 2. The molecule has 1 saturated heterocycles. The Morgan fingerprint density at radius 3 is 2.47 bits per heavy atom. The largest absolute Gasteiger partial charge is 0.463 e. The minimum atomic E-state index is -0.577. The van der Waals surface area contributed by atoms with Crippen LogP contribution < -0.4 is 10.6 Å². The highest BCUT2D eigenvalue weighted by atomic mass is 35.5. The van der Waals surface area contributed by atoms with Crippen molar-refractivity contribution in [2.24, 2.45) is 0 Å². The summed E-state index contributed by atoms with van der Waals surface area (Å²) >= 11 is 6.02. The summed E-state index contributed by atoms with van der Waals surface area (Å²) in [6.45, 7) is 10.7. The van der Waals surface area contributed by atoms with Crippen molar-refractivity contribution in [2.75, 3.05) is 39.3 Å². The zero-order valence-corrected chi connectivity index (χ0v) is 18.7. The molecule has 2 amide bonds. The van der Waals surface area contributed by atoms with E-state index in [-0.39, 0.29) is 12.6 Å². The lowest BCUT2D eigenvalue weighted by atomic mass is 9.95. The first kappa shape index (κ1) is 22.6. The maximum absolute atomic E-state index is 12.9. The zero-order chi connectivity index (χ0) is 21.7. The van der Waals surface area contributed by atoms with Crippen LogP contribution in [0.25, 0.3) is 0 Å². The summed E-state index contributed by atoms with van der Waals surface area (Å²) in [5.74, 6) is -0.418. The van der Waals surface area contributed by atoms with E-state index in [0.717, 1.165) is 38.2 Å². The molecule has 164 valence electrons. The Bertz CT molecular complexity index is 788. The van der Waals surface area contributed by atoms with Gasteiger partial charge >= 0.3 is 12.0 Å². The third-order valence-corrected chi connectivity index (χ3v) is 6.11. The molecule has 0 bridgehead atoms. The summed E-state index contributed by atoms with van der Waals surface area (Å²) in [4.78, 5) is 30.0. The molecular weight excluding hydrogens is 404 g/mol. The Balaban J connectivity index is 1.85. The summed E-state index contributed by atoms with van der Waals surface area (Å²) in [6, 6.07) is 6.81. The van der Waals surface area contributed by atoms with Crippen LogP contribution in [-0.4, -0.2) is 67.2 Å². The highest BCUT2D eigenvalue weighted by Crippen LogP contribution is 2.29. The lowest BCUT2D eigenvalue weighted by Crippen LogP contribution is -2.53. The molecule has 0 radical (unpaired) electrons. The summed E-state index contributed by atoms with van der Waals surface area (Å²) < 4.78 is 5.33. The van der Waals surface area contributed by atoms with Crippen LogP contribution in [0, 0.1) is 0 Å². The topological polar surface area (TPSA) is 73.9 Å². The first-order chi connectivity index (χ1) is 14.4. The van der Waals surface area contributed by atoms with Crippen LogP contribution in [0.5, 0.6) is 0 Å². The van der Waals surface area contributed by atoms with E-state index in [4.69, 9.17) is 16.3 Å². The van der Waals surface area contributed by atoms with Gasteiger partial charge in [-0.1, -0.05) is 30.7 Å². The molecule has 2 heterocycles. The molecule has 0 unspecified atom stereocenters. The van der Waals surface area contributed by atoms with Crippen LogP contribution in [0.1, 0.15) is 38.8 Å². The van der Waals surface area contributed by atoms with Gasteiger partial charge in [-0.05, 0) is 38.0 Å².